The topological polar surface area (TPSA) is 124 Å². The minimum absolute atomic E-state index is 0.0237. The van der Waals surface area contributed by atoms with Gasteiger partial charge in [-0.25, -0.2) is 4.39 Å². The van der Waals surface area contributed by atoms with Gasteiger partial charge < -0.3 is 11.1 Å². The van der Waals surface area contributed by atoms with Gasteiger partial charge in [-0.1, -0.05) is 11.3 Å². The van der Waals surface area contributed by atoms with Crippen molar-refractivity contribution >= 4 is 33.8 Å². The first-order valence-corrected chi connectivity index (χ1v) is 5.62. The number of carbonyl (C=O) groups excluding carboxylic acids is 1. The predicted octanol–water partition coefficient (Wildman–Crippen LogP) is 1.42. The molecule has 0 fully saturated rings. The fourth-order valence-electron chi connectivity index (χ4n) is 1.26. The van der Waals surface area contributed by atoms with E-state index in [0.717, 1.165) is 29.5 Å². The lowest BCUT2D eigenvalue weighted by Gasteiger charge is -2.02. The Hall–Kier alpha value is -2.62. The summed E-state index contributed by atoms with van der Waals surface area (Å²) in [5.74, 6) is -1.50. The van der Waals surface area contributed by atoms with Crippen LogP contribution in [0.4, 0.5) is 20.9 Å². The summed E-state index contributed by atoms with van der Waals surface area (Å²) in [6, 6.07) is 2.74. The molecule has 0 saturated heterocycles. The Bertz CT molecular complexity index is 659. The van der Waals surface area contributed by atoms with Gasteiger partial charge in [0.25, 0.3) is 11.6 Å². The maximum atomic E-state index is 13.1. The standard InChI is InChI=1S/C9H6FN5O3S/c10-4-1-5(3-6(2-4)15(17)18)12-7(16)8-13-14-9(11)19-8/h1-3H,(H2,11,14)(H,12,16). The minimum atomic E-state index is -0.832. The Morgan fingerprint density at radius 2 is 2.16 bits per heavy atom. The van der Waals surface area contributed by atoms with Crippen molar-refractivity contribution in [3.8, 4) is 0 Å². The number of halogens is 1. The van der Waals surface area contributed by atoms with Crippen molar-refractivity contribution < 1.29 is 14.1 Å². The molecular weight excluding hydrogens is 277 g/mol. The molecule has 1 amide bonds. The molecule has 2 aromatic rings. The molecule has 3 N–H and O–H groups in total. The van der Waals surface area contributed by atoms with E-state index in [9.17, 15) is 19.3 Å². The van der Waals surface area contributed by atoms with Crippen LogP contribution < -0.4 is 11.1 Å². The van der Waals surface area contributed by atoms with Gasteiger partial charge in [-0.05, 0) is 6.07 Å². The van der Waals surface area contributed by atoms with E-state index in [4.69, 9.17) is 5.73 Å². The number of amides is 1. The molecule has 0 radical (unpaired) electrons. The summed E-state index contributed by atoms with van der Waals surface area (Å²) in [5, 5.41) is 19.9. The Morgan fingerprint density at radius 3 is 2.74 bits per heavy atom. The molecule has 0 aliphatic carbocycles. The molecule has 0 spiro atoms. The van der Waals surface area contributed by atoms with Crippen molar-refractivity contribution in [1.82, 2.24) is 10.2 Å². The van der Waals surface area contributed by atoms with Crippen LogP contribution in [0.25, 0.3) is 0 Å². The van der Waals surface area contributed by atoms with Crippen LogP contribution in [0.15, 0.2) is 18.2 Å². The van der Waals surface area contributed by atoms with Crippen LogP contribution in [-0.2, 0) is 0 Å². The number of non-ortho nitro benzene ring substituents is 1. The molecule has 0 unspecified atom stereocenters. The number of benzene rings is 1. The molecule has 1 aromatic carbocycles. The van der Waals surface area contributed by atoms with E-state index in [-0.39, 0.29) is 15.8 Å². The summed E-state index contributed by atoms with van der Waals surface area (Å²) < 4.78 is 13.1. The molecule has 1 heterocycles. The van der Waals surface area contributed by atoms with Crippen LogP contribution in [0.3, 0.4) is 0 Å². The number of aromatic nitrogens is 2. The van der Waals surface area contributed by atoms with Crippen molar-refractivity contribution in [3.63, 3.8) is 0 Å². The number of hydrogen-bond acceptors (Lipinski definition) is 7. The van der Waals surface area contributed by atoms with Gasteiger partial charge >= 0.3 is 0 Å². The Labute approximate surface area is 109 Å². The van der Waals surface area contributed by atoms with Crippen molar-refractivity contribution in [2.75, 3.05) is 11.1 Å². The molecule has 0 bridgehead atoms. The zero-order valence-corrected chi connectivity index (χ0v) is 9.98. The third-order valence-electron chi connectivity index (χ3n) is 1.99. The first-order valence-electron chi connectivity index (χ1n) is 4.81. The Kier molecular flexibility index (Phi) is 3.33. The molecule has 10 heteroatoms. The highest BCUT2D eigenvalue weighted by molar-refractivity contribution is 7.16. The van der Waals surface area contributed by atoms with Crippen LogP contribution in [0.5, 0.6) is 0 Å². The number of nitrogens with one attached hydrogen (secondary N) is 1. The van der Waals surface area contributed by atoms with Gasteiger partial charge in [-0.15, -0.1) is 10.2 Å². The van der Waals surface area contributed by atoms with Gasteiger partial charge in [0.1, 0.15) is 5.82 Å². The van der Waals surface area contributed by atoms with Crippen LogP contribution in [0.2, 0.25) is 0 Å². The number of nitrogens with two attached hydrogens (primary N) is 1. The zero-order valence-electron chi connectivity index (χ0n) is 9.16. The second-order valence-electron chi connectivity index (χ2n) is 3.35. The van der Waals surface area contributed by atoms with E-state index in [1.54, 1.807) is 0 Å². The summed E-state index contributed by atoms with van der Waals surface area (Å²) in [6.07, 6.45) is 0. The van der Waals surface area contributed by atoms with Crippen LogP contribution in [-0.4, -0.2) is 21.0 Å². The summed E-state index contributed by atoms with van der Waals surface area (Å²) in [5.41, 5.74) is 4.80. The molecule has 0 aliphatic heterocycles. The van der Waals surface area contributed by atoms with Gasteiger partial charge in [-0.2, -0.15) is 0 Å². The third kappa shape index (κ3) is 2.98. The van der Waals surface area contributed by atoms with Gasteiger partial charge in [-0.3, -0.25) is 14.9 Å². The fraction of sp³-hybridized carbons (Fsp3) is 0. The average molecular weight is 283 g/mol. The van der Waals surface area contributed by atoms with Crippen molar-refractivity contribution in [1.29, 1.82) is 0 Å². The largest absolute Gasteiger partial charge is 0.374 e. The highest BCUT2D eigenvalue weighted by Gasteiger charge is 2.15. The monoisotopic (exact) mass is 283 g/mol. The van der Waals surface area contributed by atoms with E-state index >= 15 is 0 Å². The number of nitrogens with zero attached hydrogens (tertiary/aromatic N) is 3. The highest BCUT2D eigenvalue weighted by atomic mass is 32.1. The van der Waals surface area contributed by atoms with Gasteiger partial charge in [0.05, 0.1) is 16.7 Å². The molecule has 19 heavy (non-hydrogen) atoms. The second kappa shape index (κ2) is 4.94. The van der Waals surface area contributed by atoms with Crippen molar-refractivity contribution in [3.05, 3.63) is 39.1 Å². The van der Waals surface area contributed by atoms with Crippen LogP contribution in [0, 0.1) is 15.9 Å². The normalized spacial score (nSPS) is 10.2. The average Bonchev–Trinajstić information content (AvgIpc) is 2.75. The number of nitro groups is 1. The maximum absolute atomic E-state index is 13.1. The zero-order chi connectivity index (χ0) is 14.0. The molecular formula is C9H6FN5O3S. The van der Waals surface area contributed by atoms with Crippen LogP contribution >= 0.6 is 11.3 Å². The second-order valence-corrected chi connectivity index (χ2v) is 4.36. The lowest BCUT2D eigenvalue weighted by Crippen LogP contribution is -2.12. The molecule has 0 atom stereocenters. The summed E-state index contributed by atoms with van der Waals surface area (Å²) in [4.78, 5) is 21.5. The van der Waals surface area contributed by atoms with Crippen molar-refractivity contribution in [2.24, 2.45) is 0 Å². The lowest BCUT2D eigenvalue weighted by molar-refractivity contribution is -0.385. The Morgan fingerprint density at radius 1 is 1.42 bits per heavy atom. The summed E-state index contributed by atoms with van der Waals surface area (Å²) >= 11 is 0.846. The van der Waals surface area contributed by atoms with Gasteiger partial charge in [0.2, 0.25) is 10.1 Å². The van der Waals surface area contributed by atoms with Crippen molar-refractivity contribution in [2.45, 2.75) is 0 Å². The molecule has 0 saturated carbocycles. The number of nitrogen functional groups attached to an aromatic ring is 1. The molecule has 8 nitrogen and oxygen atoms in total. The molecule has 1 aromatic heterocycles. The predicted molar refractivity (Wildman–Crippen MR) is 65.3 cm³/mol. The smallest absolute Gasteiger partial charge is 0.286 e. The number of anilines is 2. The lowest BCUT2D eigenvalue weighted by atomic mass is 10.2. The number of hydrogen-bond donors (Lipinski definition) is 2. The highest BCUT2D eigenvalue weighted by Crippen LogP contribution is 2.21. The summed E-state index contributed by atoms with van der Waals surface area (Å²) in [6.45, 7) is 0. The minimum Gasteiger partial charge on any atom is -0.374 e. The Balaban J connectivity index is 2.23. The molecule has 2 rings (SSSR count). The maximum Gasteiger partial charge on any atom is 0.286 e. The first kappa shape index (κ1) is 12.8. The summed E-state index contributed by atoms with van der Waals surface area (Å²) in [7, 11) is 0. The number of carbonyl (C=O) groups is 1. The van der Waals surface area contributed by atoms with Crippen LogP contribution in [0.1, 0.15) is 9.80 Å². The number of rotatable bonds is 3. The van der Waals surface area contributed by atoms with E-state index in [2.05, 4.69) is 15.5 Å². The molecule has 98 valence electrons. The van der Waals surface area contributed by atoms with E-state index in [0.29, 0.717) is 0 Å². The van der Waals surface area contributed by atoms with E-state index in [1.807, 2.05) is 0 Å². The van der Waals surface area contributed by atoms with E-state index < -0.39 is 22.3 Å². The third-order valence-corrected chi connectivity index (χ3v) is 2.74. The van der Waals surface area contributed by atoms with E-state index in [1.165, 1.54) is 0 Å². The quantitative estimate of drug-likeness (QED) is 0.648. The number of nitro benzene ring substituents is 1. The molecule has 0 aliphatic rings. The first-order chi connectivity index (χ1) is 8.95. The van der Waals surface area contributed by atoms with Gasteiger partial charge in [0.15, 0.2) is 0 Å². The SMILES string of the molecule is Nc1nnc(C(=O)Nc2cc(F)cc([N+](=O)[O-])c2)s1. The fourth-order valence-corrected chi connectivity index (χ4v) is 1.77. The van der Waals surface area contributed by atoms with Gasteiger partial charge in [0, 0.05) is 6.07 Å².